The maximum absolute atomic E-state index is 5.19. The van der Waals surface area contributed by atoms with Crippen molar-refractivity contribution in [2.75, 3.05) is 0 Å². The molecule has 8 aromatic carbocycles. The highest BCUT2D eigenvalue weighted by Crippen LogP contribution is 2.36. The molecule has 0 aliphatic carbocycles. The minimum absolute atomic E-state index is 0.625. The van der Waals surface area contributed by atoms with Crippen LogP contribution in [-0.4, -0.2) is 15.0 Å². The molecule has 0 saturated heterocycles. The number of nitrogens with zero attached hydrogens (tertiary/aromatic N) is 3. The fraction of sp³-hybridized carbons (Fsp3) is 0.0200. The van der Waals surface area contributed by atoms with Crippen LogP contribution in [-0.2, 0) is 0 Å². The lowest BCUT2D eigenvalue weighted by atomic mass is 9.92. The molecule has 3 heteroatoms. The van der Waals surface area contributed by atoms with Crippen molar-refractivity contribution in [1.82, 2.24) is 15.0 Å². The number of hydrogen-bond donors (Lipinski definition) is 0. The summed E-state index contributed by atoms with van der Waals surface area (Å²) in [6.45, 7) is 2.12. The van der Waals surface area contributed by atoms with Gasteiger partial charge >= 0.3 is 0 Å². The second-order valence-corrected chi connectivity index (χ2v) is 13.4. The van der Waals surface area contributed by atoms with Crippen molar-refractivity contribution < 1.29 is 0 Å². The van der Waals surface area contributed by atoms with E-state index in [9.17, 15) is 0 Å². The number of rotatable bonds is 7. The Labute approximate surface area is 310 Å². The molecule has 0 saturated carbocycles. The van der Waals surface area contributed by atoms with Gasteiger partial charge in [-0.15, -0.1) is 0 Å². The van der Waals surface area contributed by atoms with Crippen LogP contribution in [0, 0.1) is 6.92 Å². The monoisotopic (exact) mass is 677 g/mol. The van der Waals surface area contributed by atoms with Gasteiger partial charge in [0.15, 0.2) is 17.5 Å². The molecule has 9 rings (SSSR count). The van der Waals surface area contributed by atoms with Crippen molar-refractivity contribution in [2.24, 2.45) is 0 Å². The molecule has 0 aliphatic heterocycles. The third-order valence-electron chi connectivity index (χ3n) is 9.81. The zero-order chi connectivity index (χ0) is 35.6. The van der Waals surface area contributed by atoms with Crippen LogP contribution >= 0.6 is 0 Å². The van der Waals surface area contributed by atoms with Crippen molar-refractivity contribution in [3.8, 4) is 78.7 Å². The van der Waals surface area contributed by atoms with E-state index in [1.807, 2.05) is 12.1 Å². The lowest BCUT2D eigenvalue weighted by Gasteiger charge is -2.14. The SMILES string of the molecule is Cc1ccc(-c2cc(-c3nc(-c4ccc(-c5ccccc5)cc4)nc(-c4ccc(-c5ccccc5)cc4)n3)cc(-c3cccc4ccccc34)c2)cc1. The van der Waals surface area contributed by atoms with Gasteiger partial charge in [0, 0.05) is 16.7 Å². The van der Waals surface area contributed by atoms with E-state index in [0.717, 1.165) is 44.5 Å². The molecular weight excluding hydrogens is 643 g/mol. The molecule has 53 heavy (non-hydrogen) atoms. The van der Waals surface area contributed by atoms with Gasteiger partial charge in [0.2, 0.25) is 0 Å². The second-order valence-electron chi connectivity index (χ2n) is 13.4. The Hall–Kier alpha value is -6.97. The Morgan fingerprint density at radius 2 is 0.679 bits per heavy atom. The molecule has 0 amide bonds. The molecular formula is C50H35N3. The van der Waals surface area contributed by atoms with Crippen molar-refractivity contribution in [3.05, 3.63) is 200 Å². The van der Waals surface area contributed by atoms with Crippen molar-refractivity contribution in [2.45, 2.75) is 6.92 Å². The predicted molar refractivity (Wildman–Crippen MR) is 220 cm³/mol. The van der Waals surface area contributed by atoms with Gasteiger partial charge in [-0.05, 0) is 80.4 Å². The normalized spacial score (nSPS) is 11.1. The standard InChI is InChI=1S/C50H35N3/c1-34-19-21-39(22-20-34)43-31-44(47-18-10-16-40-15-8-9-17-46(40)47)33-45(32-43)50-52-48(41-27-23-37(24-28-41)35-11-4-2-5-12-35)51-49(53-50)42-29-25-38(26-30-42)36-13-6-3-7-14-36/h2-33H,1H3. The maximum Gasteiger partial charge on any atom is 0.164 e. The summed E-state index contributed by atoms with van der Waals surface area (Å²) < 4.78 is 0. The lowest BCUT2D eigenvalue weighted by Crippen LogP contribution is -2.01. The van der Waals surface area contributed by atoms with Gasteiger partial charge in [0.25, 0.3) is 0 Å². The molecule has 3 nitrogen and oxygen atoms in total. The fourth-order valence-corrected chi connectivity index (χ4v) is 6.95. The second kappa shape index (κ2) is 14.0. The Kier molecular flexibility index (Phi) is 8.43. The van der Waals surface area contributed by atoms with E-state index in [1.54, 1.807) is 0 Å². The first-order chi connectivity index (χ1) is 26.1. The molecule has 1 aromatic heterocycles. The highest BCUT2D eigenvalue weighted by Gasteiger charge is 2.16. The van der Waals surface area contributed by atoms with Crippen molar-refractivity contribution >= 4 is 10.8 Å². The third kappa shape index (κ3) is 6.64. The lowest BCUT2D eigenvalue weighted by molar-refractivity contribution is 1.07. The van der Waals surface area contributed by atoms with E-state index in [2.05, 4.69) is 189 Å². The number of fused-ring (bicyclic) bond motifs is 1. The van der Waals surface area contributed by atoms with Gasteiger partial charge in [-0.3, -0.25) is 0 Å². The summed E-state index contributed by atoms with van der Waals surface area (Å²) in [5, 5.41) is 2.41. The average molecular weight is 678 g/mol. The summed E-state index contributed by atoms with van der Waals surface area (Å²) in [4.78, 5) is 15.5. The zero-order valence-corrected chi connectivity index (χ0v) is 29.3. The van der Waals surface area contributed by atoms with Crippen LogP contribution in [0.2, 0.25) is 0 Å². The largest absolute Gasteiger partial charge is 0.208 e. The van der Waals surface area contributed by atoms with Gasteiger partial charge in [-0.2, -0.15) is 0 Å². The first-order valence-electron chi connectivity index (χ1n) is 17.9. The Morgan fingerprint density at radius 3 is 1.26 bits per heavy atom. The predicted octanol–water partition coefficient (Wildman–Crippen LogP) is 13.0. The number of benzene rings is 8. The van der Waals surface area contributed by atoms with Gasteiger partial charge in [0.1, 0.15) is 0 Å². The summed E-state index contributed by atoms with van der Waals surface area (Å²) >= 11 is 0. The zero-order valence-electron chi connectivity index (χ0n) is 29.3. The van der Waals surface area contributed by atoms with E-state index in [0.29, 0.717) is 17.5 Å². The summed E-state index contributed by atoms with van der Waals surface area (Å²) in [6, 6.07) is 68.3. The molecule has 0 atom stereocenters. The van der Waals surface area contributed by atoms with Gasteiger partial charge in [-0.1, -0.05) is 181 Å². The topological polar surface area (TPSA) is 38.7 Å². The molecule has 0 unspecified atom stereocenters. The Balaban J connectivity index is 1.22. The van der Waals surface area contributed by atoms with Crippen LogP contribution in [0.5, 0.6) is 0 Å². The van der Waals surface area contributed by atoms with Crippen LogP contribution < -0.4 is 0 Å². The number of aryl methyl sites for hydroxylation is 1. The van der Waals surface area contributed by atoms with E-state index in [1.165, 1.54) is 33.0 Å². The number of hydrogen-bond acceptors (Lipinski definition) is 3. The summed E-state index contributed by atoms with van der Waals surface area (Å²) in [5.74, 6) is 1.88. The summed E-state index contributed by atoms with van der Waals surface area (Å²) in [6.07, 6.45) is 0. The molecule has 1 heterocycles. The first-order valence-corrected chi connectivity index (χ1v) is 17.9. The molecule has 0 bridgehead atoms. The first kappa shape index (κ1) is 32.0. The van der Waals surface area contributed by atoms with E-state index >= 15 is 0 Å². The van der Waals surface area contributed by atoms with E-state index in [4.69, 9.17) is 15.0 Å². The van der Waals surface area contributed by atoms with Gasteiger partial charge < -0.3 is 0 Å². The average Bonchev–Trinajstić information content (AvgIpc) is 3.24. The summed E-state index contributed by atoms with van der Waals surface area (Å²) in [7, 11) is 0. The summed E-state index contributed by atoms with van der Waals surface area (Å²) in [5.41, 5.74) is 13.2. The Morgan fingerprint density at radius 1 is 0.283 bits per heavy atom. The minimum atomic E-state index is 0.625. The molecule has 250 valence electrons. The smallest absolute Gasteiger partial charge is 0.164 e. The molecule has 0 N–H and O–H groups in total. The van der Waals surface area contributed by atoms with Gasteiger partial charge in [-0.25, -0.2) is 15.0 Å². The molecule has 9 aromatic rings. The van der Waals surface area contributed by atoms with Crippen molar-refractivity contribution in [3.63, 3.8) is 0 Å². The highest BCUT2D eigenvalue weighted by molar-refractivity contribution is 5.98. The Bertz CT molecular complexity index is 2580. The van der Waals surface area contributed by atoms with Crippen molar-refractivity contribution in [1.29, 1.82) is 0 Å². The van der Waals surface area contributed by atoms with Crippen LogP contribution in [0.25, 0.3) is 89.4 Å². The minimum Gasteiger partial charge on any atom is -0.208 e. The van der Waals surface area contributed by atoms with E-state index < -0.39 is 0 Å². The van der Waals surface area contributed by atoms with Gasteiger partial charge in [0.05, 0.1) is 0 Å². The maximum atomic E-state index is 5.19. The number of aromatic nitrogens is 3. The van der Waals surface area contributed by atoms with E-state index in [-0.39, 0.29) is 0 Å². The highest BCUT2D eigenvalue weighted by atomic mass is 15.0. The van der Waals surface area contributed by atoms with Crippen LogP contribution in [0.15, 0.2) is 194 Å². The quantitative estimate of drug-likeness (QED) is 0.169. The van der Waals surface area contributed by atoms with Crippen LogP contribution in [0.1, 0.15) is 5.56 Å². The van der Waals surface area contributed by atoms with Crippen LogP contribution in [0.4, 0.5) is 0 Å². The fourth-order valence-electron chi connectivity index (χ4n) is 6.95. The third-order valence-corrected chi connectivity index (χ3v) is 9.81. The molecule has 0 fully saturated rings. The molecule has 0 spiro atoms. The molecule has 0 radical (unpaired) electrons. The van der Waals surface area contributed by atoms with Crippen LogP contribution in [0.3, 0.4) is 0 Å². The molecule has 0 aliphatic rings.